The van der Waals surface area contributed by atoms with Crippen molar-refractivity contribution in [1.82, 2.24) is 19.4 Å². The Morgan fingerprint density at radius 2 is 2.19 bits per heavy atom. The molecule has 7 heteroatoms. The van der Waals surface area contributed by atoms with Crippen LogP contribution in [0, 0.1) is 5.92 Å². The van der Waals surface area contributed by atoms with Gasteiger partial charge in [-0.1, -0.05) is 13.8 Å². The van der Waals surface area contributed by atoms with Gasteiger partial charge < -0.3 is 5.32 Å². The van der Waals surface area contributed by atoms with Gasteiger partial charge in [0.1, 0.15) is 4.90 Å². The Morgan fingerprint density at radius 1 is 1.48 bits per heavy atom. The molecule has 1 aliphatic carbocycles. The third-order valence-corrected chi connectivity index (χ3v) is 5.40. The monoisotopic (exact) mass is 314 g/mol. The van der Waals surface area contributed by atoms with E-state index >= 15 is 0 Å². The molecule has 0 bridgehead atoms. The highest BCUT2D eigenvalue weighted by atomic mass is 32.2. The predicted octanol–water partition coefficient (Wildman–Crippen LogP) is 1.30. The normalized spacial score (nSPS) is 16.0. The molecular weight excluding hydrogens is 288 g/mol. The smallest absolute Gasteiger partial charge is 0.246 e. The zero-order valence-electron chi connectivity index (χ0n) is 13.1. The molecular formula is C14H26N4O2S. The van der Waals surface area contributed by atoms with E-state index in [4.69, 9.17) is 0 Å². The van der Waals surface area contributed by atoms with Gasteiger partial charge in [0.25, 0.3) is 0 Å². The molecule has 1 aromatic rings. The lowest BCUT2D eigenvalue weighted by atomic mass is 10.2. The minimum atomic E-state index is -3.41. The summed E-state index contributed by atoms with van der Waals surface area (Å²) in [7, 11) is -1.51. The van der Waals surface area contributed by atoms with Crippen molar-refractivity contribution >= 4 is 10.0 Å². The molecule has 1 saturated carbocycles. The highest BCUT2D eigenvalue weighted by molar-refractivity contribution is 7.89. The topological polar surface area (TPSA) is 67.2 Å². The maximum Gasteiger partial charge on any atom is 0.246 e. The standard InChI is InChI=1S/C14H26N4O2S/c1-12(2)10-18(13-5-6-13)21(19,20)14-9-16-17(11-14)8-4-7-15-3/h9,11-13,15H,4-8,10H2,1-3H3. The third kappa shape index (κ3) is 4.28. The molecule has 0 unspecified atom stereocenters. The molecule has 1 aliphatic rings. The zero-order chi connectivity index (χ0) is 15.5. The average Bonchev–Trinajstić information content (AvgIpc) is 3.14. The average molecular weight is 314 g/mol. The first-order valence-electron chi connectivity index (χ1n) is 7.64. The van der Waals surface area contributed by atoms with Crippen molar-refractivity contribution in [2.75, 3.05) is 20.1 Å². The summed E-state index contributed by atoms with van der Waals surface area (Å²) < 4.78 is 28.9. The molecule has 0 aromatic carbocycles. The van der Waals surface area contributed by atoms with Gasteiger partial charge in [-0.3, -0.25) is 4.68 Å². The Morgan fingerprint density at radius 3 is 2.76 bits per heavy atom. The van der Waals surface area contributed by atoms with Crippen molar-refractivity contribution in [2.45, 2.75) is 50.6 Å². The number of aryl methyl sites for hydroxylation is 1. The number of hydrogen-bond acceptors (Lipinski definition) is 4. The Labute approximate surface area is 127 Å². The van der Waals surface area contributed by atoms with E-state index in [1.54, 1.807) is 15.2 Å². The van der Waals surface area contributed by atoms with Gasteiger partial charge in [-0.05, 0) is 38.8 Å². The number of sulfonamides is 1. The first-order chi connectivity index (χ1) is 9.95. The zero-order valence-corrected chi connectivity index (χ0v) is 13.9. The van der Waals surface area contributed by atoms with Crippen molar-refractivity contribution in [3.05, 3.63) is 12.4 Å². The molecule has 1 N–H and O–H groups in total. The lowest BCUT2D eigenvalue weighted by molar-refractivity contribution is 0.360. The van der Waals surface area contributed by atoms with E-state index in [0.29, 0.717) is 17.4 Å². The van der Waals surface area contributed by atoms with Gasteiger partial charge in [0.15, 0.2) is 0 Å². The van der Waals surface area contributed by atoms with E-state index in [-0.39, 0.29) is 6.04 Å². The van der Waals surface area contributed by atoms with E-state index in [1.807, 2.05) is 20.9 Å². The highest BCUT2D eigenvalue weighted by Crippen LogP contribution is 2.32. The Kier molecular flexibility index (Phi) is 5.40. The van der Waals surface area contributed by atoms with Gasteiger partial charge in [-0.15, -0.1) is 0 Å². The van der Waals surface area contributed by atoms with Crippen LogP contribution in [0.1, 0.15) is 33.1 Å². The largest absolute Gasteiger partial charge is 0.320 e. The van der Waals surface area contributed by atoms with Gasteiger partial charge in [-0.2, -0.15) is 9.40 Å². The lowest BCUT2D eigenvalue weighted by Crippen LogP contribution is -2.36. The summed E-state index contributed by atoms with van der Waals surface area (Å²) in [6, 6.07) is 0.185. The first kappa shape index (κ1) is 16.5. The Bertz CT molecular complexity index is 549. The molecule has 0 spiro atoms. The molecule has 120 valence electrons. The van der Waals surface area contributed by atoms with Crippen LogP contribution in [0.25, 0.3) is 0 Å². The predicted molar refractivity (Wildman–Crippen MR) is 82.5 cm³/mol. The quantitative estimate of drug-likeness (QED) is 0.698. The summed E-state index contributed by atoms with van der Waals surface area (Å²) in [5.74, 6) is 0.325. The molecule has 6 nitrogen and oxygen atoms in total. The van der Waals surface area contributed by atoms with Crippen molar-refractivity contribution < 1.29 is 8.42 Å². The summed E-state index contributed by atoms with van der Waals surface area (Å²) in [6.07, 6.45) is 6.01. The second kappa shape index (κ2) is 6.89. The summed E-state index contributed by atoms with van der Waals surface area (Å²) in [6.45, 7) is 6.30. The molecule has 0 amide bonds. The molecule has 0 atom stereocenters. The molecule has 0 aliphatic heterocycles. The van der Waals surface area contributed by atoms with E-state index in [0.717, 1.165) is 32.4 Å². The van der Waals surface area contributed by atoms with Crippen molar-refractivity contribution in [2.24, 2.45) is 5.92 Å². The maximum absolute atomic E-state index is 12.8. The second-order valence-corrected chi connectivity index (χ2v) is 7.99. The van der Waals surface area contributed by atoms with Crippen molar-refractivity contribution in [3.63, 3.8) is 0 Å². The van der Waals surface area contributed by atoms with E-state index < -0.39 is 10.0 Å². The fourth-order valence-corrected chi connectivity index (χ4v) is 4.12. The molecule has 2 rings (SSSR count). The van der Waals surface area contributed by atoms with Crippen LogP contribution in [0.5, 0.6) is 0 Å². The van der Waals surface area contributed by atoms with Crippen LogP contribution in [0.15, 0.2) is 17.3 Å². The summed E-state index contributed by atoms with van der Waals surface area (Å²) in [5, 5.41) is 7.25. The Hall–Kier alpha value is -0.920. The highest BCUT2D eigenvalue weighted by Gasteiger charge is 2.38. The molecule has 0 saturated heterocycles. The maximum atomic E-state index is 12.8. The number of nitrogens with one attached hydrogen (secondary N) is 1. The van der Waals surface area contributed by atoms with Crippen molar-refractivity contribution in [3.8, 4) is 0 Å². The first-order valence-corrected chi connectivity index (χ1v) is 9.08. The minimum absolute atomic E-state index is 0.185. The van der Waals surface area contributed by atoms with Crippen molar-refractivity contribution in [1.29, 1.82) is 0 Å². The molecule has 1 heterocycles. The second-order valence-electron chi connectivity index (χ2n) is 6.10. The van der Waals surface area contributed by atoms with Gasteiger partial charge >= 0.3 is 0 Å². The van der Waals surface area contributed by atoms with Crippen LogP contribution < -0.4 is 5.32 Å². The third-order valence-electron chi connectivity index (χ3n) is 3.53. The summed E-state index contributed by atoms with van der Waals surface area (Å²) >= 11 is 0. The fraction of sp³-hybridized carbons (Fsp3) is 0.786. The molecule has 21 heavy (non-hydrogen) atoms. The van der Waals surface area contributed by atoms with Crippen LogP contribution in [0.3, 0.4) is 0 Å². The minimum Gasteiger partial charge on any atom is -0.320 e. The van der Waals surface area contributed by atoms with Gasteiger partial charge in [0.05, 0.1) is 6.20 Å². The van der Waals surface area contributed by atoms with Crippen LogP contribution in [-0.4, -0.2) is 48.7 Å². The molecule has 1 fully saturated rings. The lowest BCUT2D eigenvalue weighted by Gasteiger charge is -2.22. The van der Waals surface area contributed by atoms with Crippen LogP contribution in [-0.2, 0) is 16.6 Å². The van der Waals surface area contributed by atoms with Crippen LogP contribution in [0.2, 0.25) is 0 Å². The van der Waals surface area contributed by atoms with E-state index in [2.05, 4.69) is 10.4 Å². The summed E-state index contributed by atoms with van der Waals surface area (Å²) in [4.78, 5) is 0.319. The number of hydrogen-bond donors (Lipinski definition) is 1. The fourth-order valence-electron chi connectivity index (χ4n) is 2.32. The van der Waals surface area contributed by atoms with E-state index in [1.165, 1.54) is 6.20 Å². The van der Waals surface area contributed by atoms with Gasteiger partial charge in [0.2, 0.25) is 10.0 Å². The SMILES string of the molecule is CNCCCn1cc(S(=O)(=O)N(CC(C)C)C2CC2)cn1. The van der Waals surface area contributed by atoms with Crippen LogP contribution in [0.4, 0.5) is 0 Å². The summed E-state index contributed by atoms with van der Waals surface area (Å²) in [5.41, 5.74) is 0. The number of nitrogens with zero attached hydrogens (tertiary/aromatic N) is 3. The van der Waals surface area contributed by atoms with Gasteiger partial charge in [-0.25, -0.2) is 8.42 Å². The van der Waals surface area contributed by atoms with E-state index in [9.17, 15) is 8.42 Å². The number of rotatable bonds is 9. The number of aromatic nitrogens is 2. The van der Waals surface area contributed by atoms with Crippen LogP contribution >= 0.6 is 0 Å². The molecule has 1 aromatic heterocycles. The van der Waals surface area contributed by atoms with Gasteiger partial charge in [0, 0.05) is 25.3 Å². The molecule has 0 radical (unpaired) electrons. The Balaban J connectivity index is 2.10.